The summed E-state index contributed by atoms with van der Waals surface area (Å²) < 4.78 is 0. The molecule has 2 heterocycles. The first kappa shape index (κ1) is 16.9. The highest BCUT2D eigenvalue weighted by molar-refractivity contribution is 6.31. The highest BCUT2D eigenvalue weighted by atomic mass is 35.5. The Balaban J connectivity index is 1.60. The summed E-state index contributed by atoms with van der Waals surface area (Å²) in [4.78, 5) is 20.7. The van der Waals surface area contributed by atoms with Crippen LogP contribution in [0.5, 0.6) is 0 Å². The van der Waals surface area contributed by atoms with E-state index in [9.17, 15) is 4.79 Å². The van der Waals surface area contributed by atoms with Gasteiger partial charge in [0.2, 0.25) is 0 Å². The predicted molar refractivity (Wildman–Crippen MR) is 98.4 cm³/mol. The van der Waals surface area contributed by atoms with Crippen molar-refractivity contribution in [2.24, 2.45) is 0 Å². The number of hydrogen-bond donors (Lipinski definition) is 2. The van der Waals surface area contributed by atoms with Crippen molar-refractivity contribution in [1.29, 1.82) is 0 Å². The zero-order valence-corrected chi connectivity index (χ0v) is 14.2. The van der Waals surface area contributed by atoms with Gasteiger partial charge in [0, 0.05) is 29.6 Å². The second kappa shape index (κ2) is 8.26. The van der Waals surface area contributed by atoms with Crippen LogP contribution >= 0.6 is 11.6 Å². The Labute approximate surface area is 151 Å². The molecule has 0 radical (unpaired) electrons. The first-order valence-electron chi connectivity index (χ1n) is 7.84. The van der Waals surface area contributed by atoms with Gasteiger partial charge in [-0.05, 0) is 35.9 Å². The third-order valence-electron chi connectivity index (χ3n) is 3.59. The average molecular weight is 353 g/mol. The van der Waals surface area contributed by atoms with Gasteiger partial charge in [-0.1, -0.05) is 35.9 Å². The summed E-state index contributed by atoms with van der Waals surface area (Å²) >= 11 is 6.10. The molecule has 6 heteroatoms. The summed E-state index contributed by atoms with van der Waals surface area (Å²) in [6.45, 7) is 0.928. The molecule has 0 unspecified atom stereocenters. The van der Waals surface area contributed by atoms with Crippen LogP contribution in [0.2, 0.25) is 5.02 Å². The molecule has 0 aliphatic heterocycles. The highest BCUT2D eigenvalue weighted by Crippen LogP contribution is 2.15. The van der Waals surface area contributed by atoms with Crippen LogP contribution in [0.4, 0.5) is 5.69 Å². The predicted octanol–water partition coefficient (Wildman–Crippen LogP) is 3.67. The van der Waals surface area contributed by atoms with Crippen LogP contribution in [0, 0.1) is 0 Å². The molecule has 25 heavy (non-hydrogen) atoms. The number of pyridine rings is 2. The minimum Gasteiger partial charge on any atom is -0.379 e. The summed E-state index contributed by atoms with van der Waals surface area (Å²) in [7, 11) is 0. The van der Waals surface area contributed by atoms with E-state index in [1.54, 1.807) is 24.5 Å². The van der Waals surface area contributed by atoms with Gasteiger partial charge in [-0.15, -0.1) is 0 Å². The van der Waals surface area contributed by atoms with Gasteiger partial charge in [-0.2, -0.15) is 0 Å². The quantitative estimate of drug-likeness (QED) is 0.710. The molecule has 0 aliphatic rings. The minimum atomic E-state index is -0.249. The maximum atomic E-state index is 12.3. The number of anilines is 1. The molecule has 2 N–H and O–H groups in total. The van der Waals surface area contributed by atoms with Crippen LogP contribution in [0.25, 0.3) is 0 Å². The van der Waals surface area contributed by atoms with Crippen LogP contribution in [0.1, 0.15) is 21.7 Å². The SMILES string of the molecule is O=C(NCc1ccccc1Cl)c1cc(NCc2ccccn2)ccn1. The first-order valence-corrected chi connectivity index (χ1v) is 8.21. The third-order valence-corrected chi connectivity index (χ3v) is 3.96. The lowest BCUT2D eigenvalue weighted by molar-refractivity contribution is 0.0946. The summed E-state index contributed by atoms with van der Waals surface area (Å²) in [5.74, 6) is -0.249. The number of carbonyl (C=O) groups excluding carboxylic acids is 1. The van der Waals surface area contributed by atoms with E-state index in [-0.39, 0.29) is 5.91 Å². The van der Waals surface area contributed by atoms with Gasteiger partial charge in [0.25, 0.3) is 5.91 Å². The van der Waals surface area contributed by atoms with Crippen molar-refractivity contribution >= 4 is 23.2 Å². The Hall–Kier alpha value is -2.92. The molecular weight excluding hydrogens is 336 g/mol. The normalized spacial score (nSPS) is 10.3. The Morgan fingerprint density at radius 3 is 2.60 bits per heavy atom. The number of halogens is 1. The molecule has 0 aliphatic carbocycles. The fraction of sp³-hybridized carbons (Fsp3) is 0.105. The Kier molecular flexibility index (Phi) is 5.59. The molecule has 0 saturated carbocycles. The molecule has 5 nitrogen and oxygen atoms in total. The minimum absolute atomic E-state index is 0.249. The number of benzene rings is 1. The van der Waals surface area contributed by atoms with Gasteiger partial charge in [0.1, 0.15) is 5.69 Å². The molecule has 126 valence electrons. The van der Waals surface area contributed by atoms with Crippen molar-refractivity contribution in [1.82, 2.24) is 15.3 Å². The molecule has 0 fully saturated rings. The van der Waals surface area contributed by atoms with Crippen molar-refractivity contribution in [2.75, 3.05) is 5.32 Å². The van der Waals surface area contributed by atoms with E-state index >= 15 is 0 Å². The number of nitrogens with zero attached hydrogens (tertiary/aromatic N) is 2. The van der Waals surface area contributed by atoms with E-state index in [0.717, 1.165) is 16.9 Å². The van der Waals surface area contributed by atoms with Gasteiger partial charge in [0.15, 0.2) is 0 Å². The molecule has 0 bridgehead atoms. The van der Waals surface area contributed by atoms with Gasteiger partial charge >= 0.3 is 0 Å². The monoisotopic (exact) mass is 352 g/mol. The molecule has 0 atom stereocenters. The summed E-state index contributed by atoms with van der Waals surface area (Å²) in [6, 6.07) is 16.7. The standard InChI is InChI=1S/C19H17ClN4O/c20-17-7-2-1-5-14(17)12-24-19(25)18-11-15(8-10-22-18)23-13-16-6-3-4-9-21-16/h1-11H,12-13H2,(H,22,23)(H,24,25). The second-order valence-electron chi connectivity index (χ2n) is 5.38. The Morgan fingerprint density at radius 1 is 0.960 bits per heavy atom. The molecule has 0 spiro atoms. The first-order chi connectivity index (χ1) is 12.2. The molecule has 3 aromatic rings. The lowest BCUT2D eigenvalue weighted by Crippen LogP contribution is -2.24. The van der Waals surface area contributed by atoms with Crippen LogP contribution in [0.3, 0.4) is 0 Å². The van der Waals surface area contributed by atoms with Gasteiger partial charge in [-0.3, -0.25) is 14.8 Å². The third kappa shape index (κ3) is 4.78. The van der Waals surface area contributed by atoms with Crippen molar-refractivity contribution in [3.05, 3.63) is 89.0 Å². The van der Waals surface area contributed by atoms with E-state index in [0.29, 0.717) is 23.8 Å². The fourth-order valence-electron chi connectivity index (χ4n) is 2.27. The van der Waals surface area contributed by atoms with Gasteiger partial charge < -0.3 is 10.6 Å². The number of amides is 1. The summed E-state index contributed by atoms with van der Waals surface area (Å²) in [5, 5.41) is 6.69. The second-order valence-corrected chi connectivity index (χ2v) is 5.79. The lowest BCUT2D eigenvalue weighted by atomic mass is 10.2. The van der Waals surface area contributed by atoms with Crippen LogP contribution < -0.4 is 10.6 Å². The molecule has 0 saturated heterocycles. The summed E-state index contributed by atoms with van der Waals surface area (Å²) in [5.41, 5.74) is 2.94. The highest BCUT2D eigenvalue weighted by Gasteiger charge is 2.09. The number of hydrogen-bond acceptors (Lipinski definition) is 4. The lowest BCUT2D eigenvalue weighted by Gasteiger charge is -2.09. The fourth-order valence-corrected chi connectivity index (χ4v) is 2.47. The van der Waals surface area contributed by atoms with Gasteiger partial charge in [-0.25, -0.2) is 0 Å². The van der Waals surface area contributed by atoms with E-state index < -0.39 is 0 Å². The zero-order valence-electron chi connectivity index (χ0n) is 13.4. The van der Waals surface area contributed by atoms with E-state index in [1.807, 2.05) is 42.5 Å². The Bertz CT molecular complexity index is 855. The maximum absolute atomic E-state index is 12.3. The maximum Gasteiger partial charge on any atom is 0.270 e. The largest absolute Gasteiger partial charge is 0.379 e. The number of rotatable bonds is 6. The number of nitrogens with one attached hydrogen (secondary N) is 2. The van der Waals surface area contributed by atoms with Crippen molar-refractivity contribution in [3.63, 3.8) is 0 Å². The van der Waals surface area contributed by atoms with Crippen molar-refractivity contribution < 1.29 is 4.79 Å². The Morgan fingerprint density at radius 2 is 1.80 bits per heavy atom. The van der Waals surface area contributed by atoms with Crippen molar-refractivity contribution in [2.45, 2.75) is 13.1 Å². The van der Waals surface area contributed by atoms with E-state index in [2.05, 4.69) is 20.6 Å². The van der Waals surface area contributed by atoms with Crippen molar-refractivity contribution in [3.8, 4) is 0 Å². The zero-order chi connectivity index (χ0) is 17.5. The van der Waals surface area contributed by atoms with E-state index in [1.165, 1.54) is 0 Å². The molecule has 3 rings (SSSR count). The number of carbonyl (C=O) groups is 1. The van der Waals surface area contributed by atoms with E-state index in [4.69, 9.17) is 11.6 Å². The smallest absolute Gasteiger partial charge is 0.270 e. The number of aromatic nitrogens is 2. The average Bonchev–Trinajstić information content (AvgIpc) is 2.66. The van der Waals surface area contributed by atoms with Crippen LogP contribution in [-0.4, -0.2) is 15.9 Å². The van der Waals surface area contributed by atoms with Crippen LogP contribution in [-0.2, 0) is 13.1 Å². The topological polar surface area (TPSA) is 66.9 Å². The van der Waals surface area contributed by atoms with Crippen LogP contribution in [0.15, 0.2) is 67.0 Å². The molecule has 1 amide bonds. The van der Waals surface area contributed by atoms with Gasteiger partial charge in [0.05, 0.1) is 12.2 Å². The molecule has 1 aromatic carbocycles. The molecular formula is C19H17ClN4O. The molecule has 2 aromatic heterocycles. The summed E-state index contributed by atoms with van der Waals surface area (Å²) in [6.07, 6.45) is 3.35.